The van der Waals surface area contributed by atoms with Crippen molar-refractivity contribution in [3.05, 3.63) is 48.2 Å². The third-order valence-corrected chi connectivity index (χ3v) is 2.85. The third kappa shape index (κ3) is 4.23. The molecule has 1 aromatic carbocycles. The van der Waals surface area contributed by atoms with Crippen LogP contribution in [0.2, 0.25) is 0 Å². The van der Waals surface area contributed by atoms with Crippen LogP contribution < -0.4 is 5.32 Å². The number of carbonyl (C=O) groups excluding carboxylic acids is 1. The number of hydrogen-bond acceptors (Lipinski definition) is 2. The number of amides is 1. The Kier molecular flexibility index (Phi) is 4.23. The van der Waals surface area contributed by atoms with Crippen LogP contribution in [0.4, 0.5) is 5.82 Å². The normalized spacial score (nSPS) is 11.3. The summed E-state index contributed by atoms with van der Waals surface area (Å²) in [6, 6.07) is 11.9. The van der Waals surface area contributed by atoms with Gasteiger partial charge in [0.05, 0.1) is 12.7 Å². The Balaban J connectivity index is 2.04. The molecule has 0 aliphatic rings. The van der Waals surface area contributed by atoms with E-state index in [1.165, 1.54) is 0 Å². The minimum absolute atomic E-state index is 0.0195. The van der Waals surface area contributed by atoms with Crippen LogP contribution in [0.1, 0.15) is 32.8 Å². The number of anilines is 1. The van der Waals surface area contributed by atoms with Crippen LogP contribution in [-0.2, 0) is 11.3 Å². The molecule has 1 heterocycles. The number of nitrogens with one attached hydrogen (secondary N) is 1. The van der Waals surface area contributed by atoms with Crippen molar-refractivity contribution < 1.29 is 4.79 Å². The Hall–Kier alpha value is -2.10. The van der Waals surface area contributed by atoms with Crippen molar-refractivity contribution in [2.45, 2.75) is 33.7 Å². The monoisotopic (exact) mass is 271 g/mol. The van der Waals surface area contributed by atoms with Crippen LogP contribution in [0.25, 0.3) is 0 Å². The van der Waals surface area contributed by atoms with Gasteiger partial charge in [-0.3, -0.25) is 4.79 Å². The average molecular weight is 271 g/mol. The van der Waals surface area contributed by atoms with Crippen LogP contribution in [0.5, 0.6) is 0 Å². The standard InChI is InChI=1S/C16H21N3O/c1-16(2,3)11-15(20)18-14-9-10-17-19(14)12-13-7-5-4-6-8-13/h4-10H,11-12H2,1-3H3,(H,18,20). The first-order chi connectivity index (χ1) is 9.44. The number of carbonyl (C=O) groups is 1. The fourth-order valence-corrected chi connectivity index (χ4v) is 1.99. The molecule has 20 heavy (non-hydrogen) atoms. The van der Waals surface area contributed by atoms with E-state index in [9.17, 15) is 4.79 Å². The third-order valence-electron chi connectivity index (χ3n) is 2.85. The predicted molar refractivity (Wildman–Crippen MR) is 80.5 cm³/mol. The molecule has 0 saturated carbocycles. The van der Waals surface area contributed by atoms with Gasteiger partial charge in [0.15, 0.2) is 0 Å². The van der Waals surface area contributed by atoms with E-state index in [0.29, 0.717) is 13.0 Å². The van der Waals surface area contributed by atoms with E-state index >= 15 is 0 Å². The molecule has 2 aromatic rings. The summed E-state index contributed by atoms with van der Waals surface area (Å²) in [5.41, 5.74) is 1.14. The van der Waals surface area contributed by atoms with E-state index in [-0.39, 0.29) is 11.3 Å². The topological polar surface area (TPSA) is 46.9 Å². The minimum Gasteiger partial charge on any atom is -0.311 e. The van der Waals surface area contributed by atoms with Crippen LogP contribution in [0.3, 0.4) is 0 Å². The number of hydrogen-bond donors (Lipinski definition) is 1. The maximum atomic E-state index is 12.0. The molecule has 1 amide bonds. The molecule has 0 atom stereocenters. The Morgan fingerprint density at radius 3 is 2.55 bits per heavy atom. The van der Waals surface area contributed by atoms with E-state index < -0.39 is 0 Å². The molecule has 0 aliphatic heterocycles. The summed E-state index contributed by atoms with van der Waals surface area (Å²) in [6.07, 6.45) is 2.19. The number of rotatable bonds is 4. The first kappa shape index (κ1) is 14.3. The lowest BCUT2D eigenvalue weighted by Gasteiger charge is -2.17. The Bertz CT molecular complexity index is 567. The predicted octanol–water partition coefficient (Wildman–Crippen LogP) is 3.31. The van der Waals surface area contributed by atoms with E-state index in [4.69, 9.17) is 0 Å². The molecule has 1 aromatic heterocycles. The van der Waals surface area contributed by atoms with E-state index in [1.54, 1.807) is 10.9 Å². The van der Waals surface area contributed by atoms with Gasteiger partial charge in [0.1, 0.15) is 5.82 Å². The molecule has 4 nitrogen and oxygen atoms in total. The van der Waals surface area contributed by atoms with Crippen LogP contribution >= 0.6 is 0 Å². The van der Waals surface area contributed by atoms with Gasteiger partial charge in [-0.05, 0) is 11.0 Å². The van der Waals surface area contributed by atoms with Crippen molar-refractivity contribution >= 4 is 11.7 Å². The smallest absolute Gasteiger partial charge is 0.226 e. The highest BCUT2D eigenvalue weighted by atomic mass is 16.1. The van der Waals surface area contributed by atoms with Gasteiger partial charge < -0.3 is 5.32 Å². The zero-order valence-electron chi connectivity index (χ0n) is 12.3. The van der Waals surface area contributed by atoms with Crippen molar-refractivity contribution in [1.82, 2.24) is 9.78 Å². The largest absolute Gasteiger partial charge is 0.311 e. The maximum absolute atomic E-state index is 12.0. The molecule has 0 saturated heterocycles. The highest BCUT2D eigenvalue weighted by molar-refractivity contribution is 5.90. The summed E-state index contributed by atoms with van der Waals surface area (Å²) in [5, 5.41) is 7.19. The molecular formula is C16H21N3O. The summed E-state index contributed by atoms with van der Waals surface area (Å²) < 4.78 is 1.80. The summed E-state index contributed by atoms with van der Waals surface area (Å²) in [7, 11) is 0. The second-order valence-corrected chi connectivity index (χ2v) is 6.15. The van der Waals surface area contributed by atoms with E-state index in [2.05, 4.69) is 10.4 Å². The fraction of sp³-hybridized carbons (Fsp3) is 0.375. The van der Waals surface area contributed by atoms with Crippen molar-refractivity contribution in [3.63, 3.8) is 0 Å². The van der Waals surface area contributed by atoms with Crippen molar-refractivity contribution in [3.8, 4) is 0 Å². The molecule has 2 rings (SSSR count). The van der Waals surface area contributed by atoms with E-state index in [0.717, 1.165) is 11.4 Å². The Morgan fingerprint density at radius 2 is 1.90 bits per heavy atom. The molecule has 0 unspecified atom stereocenters. The Labute approximate surface area is 119 Å². The lowest BCUT2D eigenvalue weighted by Crippen LogP contribution is -2.21. The quantitative estimate of drug-likeness (QED) is 0.927. The highest BCUT2D eigenvalue weighted by Gasteiger charge is 2.17. The molecule has 0 spiro atoms. The first-order valence-corrected chi connectivity index (χ1v) is 6.80. The van der Waals surface area contributed by atoms with Crippen molar-refractivity contribution in [2.75, 3.05) is 5.32 Å². The molecule has 0 radical (unpaired) electrons. The average Bonchev–Trinajstić information content (AvgIpc) is 2.75. The SMILES string of the molecule is CC(C)(C)CC(=O)Nc1ccnn1Cc1ccccc1. The molecule has 0 bridgehead atoms. The first-order valence-electron chi connectivity index (χ1n) is 6.80. The van der Waals surface area contributed by atoms with Crippen LogP contribution in [-0.4, -0.2) is 15.7 Å². The molecule has 0 aliphatic carbocycles. The van der Waals surface area contributed by atoms with Crippen LogP contribution in [0, 0.1) is 5.41 Å². The molecular weight excluding hydrogens is 250 g/mol. The van der Waals surface area contributed by atoms with Gasteiger partial charge >= 0.3 is 0 Å². The Morgan fingerprint density at radius 1 is 1.20 bits per heavy atom. The zero-order valence-corrected chi connectivity index (χ0v) is 12.3. The van der Waals surface area contributed by atoms with Gasteiger partial charge in [0.2, 0.25) is 5.91 Å². The summed E-state index contributed by atoms with van der Waals surface area (Å²) in [4.78, 5) is 12.0. The number of benzene rings is 1. The highest BCUT2D eigenvalue weighted by Crippen LogP contribution is 2.19. The second kappa shape index (κ2) is 5.90. The van der Waals surface area contributed by atoms with Gasteiger partial charge in [0, 0.05) is 12.5 Å². The summed E-state index contributed by atoms with van der Waals surface area (Å²) in [5.74, 6) is 0.760. The maximum Gasteiger partial charge on any atom is 0.226 e. The van der Waals surface area contributed by atoms with Gasteiger partial charge in [-0.15, -0.1) is 0 Å². The summed E-state index contributed by atoms with van der Waals surface area (Å²) >= 11 is 0. The lowest BCUT2D eigenvalue weighted by molar-refractivity contribution is -0.117. The lowest BCUT2D eigenvalue weighted by atomic mass is 9.92. The van der Waals surface area contributed by atoms with Crippen LogP contribution in [0.15, 0.2) is 42.6 Å². The molecule has 0 fully saturated rings. The zero-order chi connectivity index (χ0) is 14.6. The van der Waals surface area contributed by atoms with Gasteiger partial charge in [0.25, 0.3) is 0 Å². The molecule has 106 valence electrons. The van der Waals surface area contributed by atoms with Crippen molar-refractivity contribution in [2.24, 2.45) is 5.41 Å². The van der Waals surface area contributed by atoms with Gasteiger partial charge in [-0.1, -0.05) is 51.1 Å². The number of aromatic nitrogens is 2. The second-order valence-electron chi connectivity index (χ2n) is 6.15. The fourth-order valence-electron chi connectivity index (χ4n) is 1.99. The summed E-state index contributed by atoms with van der Waals surface area (Å²) in [6.45, 7) is 6.80. The van der Waals surface area contributed by atoms with Gasteiger partial charge in [-0.25, -0.2) is 4.68 Å². The number of nitrogens with zero attached hydrogens (tertiary/aromatic N) is 2. The van der Waals surface area contributed by atoms with E-state index in [1.807, 2.05) is 57.2 Å². The minimum atomic E-state index is -0.0195. The molecule has 4 heteroatoms. The van der Waals surface area contributed by atoms with Gasteiger partial charge in [-0.2, -0.15) is 5.10 Å². The molecule has 1 N–H and O–H groups in total. The van der Waals surface area contributed by atoms with Crippen molar-refractivity contribution in [1.29, 1.82) is 0 Å².